The van der Waals surface area contributed by atoms with E-state index in [9.17, 15) is 4.79 Å². The van der Waals surface area contributed by atoms with Crippen LogP contribution in [0.1, 0.15) is 32.3 Å². The van der Waals surface area contributed by atoms with Gasteiger partial charge in [-0.15, -0.1) is 0 Å². The van der Waals surface area contributed by atoms with Crippen molar-refractivity contribution in [2.45, 2.75) is 39.3 Å². The number of amides is 1. The normalized spacial score (nSPS) is 20.0. The fourth-order valence-electron chi connectivity index (χ4n) is 3.50. The van der Waals surface area contributed by atoms with Gasteiger partial charge in [0.15, 0.2) is 0 Å². The number of para-hydroxylation sites is 1. The smallest absolute Gasteiger partial charge is 0.223 e. The molecule has 3 rings (SSSR count). The third kappa shape index (κ3) is 5.33. The number of nitrogens with one attached hydrogen (secondary N) is 2. The maximum Gasteiger partial charge on any atom is 0.223 e. The summed E-state index contributed by atoms with van der Waals surface area (Å²) in [5.74, 6) is 2.12. The molecule has 2 aromatic rings. The Labute approximate surface area is 156 Å². The molecule has 0 atom stereocenters. The van der Waals surface area contributed by atoms with E-state index in [-0.39, 0.29) is 17.9 Å². The lowest BCUT2D eigenvalue weighted by Crippen LogP contribution is -3.11. The number of benzene rings is 2. The van der Waals surface area contributed by atoms with Crippen LogP contribution < -0.4 is 15.0 Å². The summed E-state index contributed by atoms with van der Waals surface area (Å²) in [7, 11) is 0. The molecule has 0 saturated carbocycles. The van der Waals surface area contributed by atoms with Gasteiger partial charge in [-0.3, -0.25) is 4.79 Å². The fourth-order valence-corrected chi connectivity index (χ4v) is 3.50. The molecule has 4 heteroatoms. The third-order valence-electron chi connectivity index (χ3n) is 4.83. The summed E-state index contributed by atoms with van der Waals surface area (Å²) in [6.45, 7) is 7.09. The van der Waals surface area contributed by atoms with Gasteiger partial charge in [-0.2, -0.15) is 0 Å². The van der Waals surface area contributed by atoms with Gasteiger partial charge in [0, 0.05) is 30.4 Å². The van der Waals surface area contributed by atoms with Gasteiger partial charge < -0.3 is 15.0 Å². The van der Waals surface area contributed by atoms with E-state index in [1.54, 1.807) is 0 Å². The highest BCUT2D eigenvalue weighted by atomic mass is 16.5. The summed E-state index contributed by atoms with van der Waals surface area (Å²) in [5, 5.41) is 3.04. The molecule has 1 aliphatic heterocycles. The van der Waals surface area contributed by atoms with Gasteiger partial charge in [0.05, 0.1) is 13.1 Å². The van der Waals surface area contributed by atoms with Gasteiger partial charge in [0.25, 0.3) is 0 Å². The summed E-state index contributed by atoms with van der Waals surface area (Å²) < 4.78 is 5.93. The van der Waals surface area contributed by atoms with Crippen LogP contribution in [0.5, 0.6) is 11.5 Å². The first-order chi connectivity index (χ1) is 12.6. The number of likely N-dealkylation sites (tertiary alicyclic amines) is 1. The van der Waals surface area contributed by atoms with Crippen molar-refractivity contribution >= 4 is 5.91 Å². The number of carbonyl (C=O) groups is 1. The number of hydrogen-bond donors (Lipinski definition) is 2. The van der Waals surface area contributed by atoms with Gasteiger partial charge in [-0.25, -0.2) is 0 Å². The molecule has 2 N–H and O–H groups in total. The molecule has 1 heterocycles. The van der Waals surface area contributed by atoms with Crippen LogP contribution in [0.4, 0.5) is 0 Å². The van der Waals surface area contributed by atoms with Crippen LogP contribution in [0.3, 0.4) is 0 Å². The second kappa shape index (κ2) is 8.86. The summed E-state index contributed by atoms with van der Waals surface area (Å²) in [6.07, 6.45) is 1.93. The van der Waals surface area contributed by atoms with Crippen LogP contribution in [0.2, 0.25) is 0 Å². The number of ether oxygens (including phenoxy) is 1. The zero-order chi connectivity index (χ0) is 18.4. The third-order valence-corrected chi connectivity index (χ3v) is 4.83. The SMILES string of the molecule is CC(C)NC(=O)C1CC[NH+](Cc2cccc(Oc3ccccc3)c2)CC1. The van der Waals surface area contributed by atoms with Gasteiger partial charge in [0.2, 0.25) is 5.91 Å². The van der Waals surface area contributed by atoms with E-state index in [0.29, 0.717) is 0 Å². The van der Waals surface area contributed by atoms with Gasteiger partial charge in [-0.05, 0) is 38.1 Å². The van der Waals surface area contributed by atoms with Crippen molar-refractivity contribution in [3.05, 3.63) is 60.2 Å². The second-order valence-corrected chi connectivity index (χ2v) is 7.43. The van der Waals surface area contributed by atoms with E-state index in [0.717, 1.165) is 44.0 Å². The molecule has 1 fully saturated rings. The van der Waals surface area contributed by atoms with E-state index in [1.165, 1.54) is 10.5 Å². The average molecular weight is 353 g/mol. The minimum atomic E-state index is 0.175. The minimum Gasteiger partial charge on any atom is -0.457 e. The van der Waals surface area contributed by atoms with Crippen molar-refractivity contribution in [3.63, 3.8) is 0 Å². The molecular weight excluding hydrogens is 324 g/mol. The maximum atomic E-state index is 12.2. The summed E-state index contributed by atoms with van der Waals surface area (Å²) in [6, 6.07) is 18.4. The van der Waals surface area contributed by atoms with Crippen molar-refractivity contribution in [2.24, 2.45) is 5.92 Å². The largest absolute Gasteiger partial charge is 0.457 e. The second-order valence-electron chi connectivity index (χ2n) is 7.43. The zero-order valence-electron chi connectivity index (χ0n) is 15.7. The Morgan fingerprint density at radius 2 is 1.77 bits per heavy atom. The molecule has 1 amide bonds. The molecule has 0 spiro atoms. The van der Waals surface area contributed by atoms with Crippen LogP contribution in [0.25, 0.3) is 0 Å². The lowest BCUT2D eigenvalue weighted by atomic mass is 9.95. The fraction of sp³-hybridized carbons (Fsp3) is 0.409. The van der Waals surface area contributed by atoms with Crippen molar-refractivity contribution in [3.8, 4) is 11.5 Å². The first-order valence-electron chi connectivity index (χ1n) is 9.56. The number of hydrogen-bond acceptors (Lipinski definition) is 2. The number of quaternary nitrogens is 1. The monoisotopic (exact) mass is 353 g/mol. The van der Waals surface area contributed by atoms with Crippen molar-refractivity contribution in [1.29, 1.82) is 0 Å². The van der Waals surface area contributed by atoms with Crippen LogP contribution in [0.15, 0.2) is 54.6 Å². The molecule has 0 aromatic heterocycles. The summed E-state index contributed by atoms with van der Waals surface area (Å²) >= 11 is 0. The summed E-state index contributed by atoms with van der Waals surface area (Å²) in [4.78, 5) is 13.7. The molecule has 4 nitrogen and oxygen atoms in total. The van der Waals surface area contributed by atoms with Gasteiger partial charge >= 0.3 is 0 Å². The van der Waals surface area contributed by atoms with Crippen LogP contribution in [-0.2, 0) is 11.3 Å². The lowest BCUT2D eigenvalue weighted by Gasteiger charge is -2.29. The highest BCUT2D eigenvalue weighted by Gasteiger charge is 2.27. The van der Waals surface area contributed by atoms with E-state index < -0.39 is 0 Å². The molecule has 1 aliphatic rings. The maximum absolute atomic E-state index is 12.2. The number of rotatable bonds is 6. The molecule has 0 bridgehead atoms. The Morgan fingerprint density at radius 1 is 1.08 bits per heavy atom. The average Bonchev–Trinajstić information content (AvgIpc) is 2.63. The molecule has 26 heavy (non-hydrogen) atoms. The van der Waals surface area contributed by atoms with Crippen LogP contribution >= 0.6 is 0 Å². The van der Waals surface area contributed by atoms with Gasteiger partial charge in [-0.1, -0.05) is 30.3 Å². The van der Waals surface area contributed by atoms with E-state index >= 15 is 0 Å². The lowest BCUT2D eigenvalue weighted by molar-refractivity contribution is -0.919. The van der Waals surface area contributed by atoms with Crippen molar-refractivity contribution in [2.75, 3.05) is 13.1 Å². The molecule has 0 unspecified atom stereocenters. The molecule has 0 radical (unpaired) electrons. The van der Waals surface area contributed by atoms with Crippen molar-refractivity contribution in [1.82, 2.24) is 5.32 Å². The highest BCUT2D eigenvalue weighted by molar-refractivity contribution is 5.78. The van der Waals surface area contributed by atoms with E-state index in [2.05, 4.69) is 23.5 Å². The topological polar surface area (TPSA) is 42.8 Å². The standard InChI is InChI=1S/C22H28N2O2/c1-17(2)23-22(25)19-11-13-24(14-12-19)16-18-7-6-10-21(15-18)26-20-8-4-3-5-9-20/h3-10,15,17,19H,11-14,16H2,1-2H3,(H,23,25)/p+1. The Bertz CT molecular complexity index is 707. The Kier molecular flexibility index (Phi) is 6.29. The van der Waals surface area contributed by atoms with Crippen LogP contribution in [0, 0.1) is 5.92 Å². The molecular formula is C22H29N2O2+. The quantitative estimate of drug-likeness (QED) is 0.839. The minimum absolute atomic E-state index is 0.175. The predicted octanol–water partition coefficient (Wildman–Crippen LogP) is 2.80. The Hall–Kier alpha value is -2.33. The number of piperidine rings is 1. The van der Waals surface area contributed by atoms with Crippen LogP contribution in [-0.4, -0.2) is 25.0 Å². The zero-order valence-corrected chi connectivity index (χ0v) is 15.7. The summed E-state index contributed by atoms with van der Waals surface area (Å²) in [5.41, 5.74) is 1.28. The van der Waals surface area contributed by atoms with Gasteiger partial charge in [0.1, 0.15) is 18.0 Å². The van der Waals surface area contributed by atoms with E-state index in [1.807, 2.05) is 50.2 Å². The highest BCUT2D eigenvalue weighted by Crippen LogP contribution is 2.21. The number of carbonyl (C=O) groups excluding carboxylic acids is 1. The Balaban J connectivity index is 1.52. The first kappa shape index (κ1) is 18.5. The molecule has 138 valence electrons. The molecule has 2 aromatic carbocycles. The Morgan fingerprint density at radius 3 is 2.46 bits per heavy atom. The molecule has 1 saturated heterocycles. The first-order valence-corrected chi connectivity index (χ1v) is 9.56. The van der Waals surface area contributed by atoms with Crippen molar-refractivity contribution < 1.29 is 14.4 Å². The molecule has 0 aliphatic carbocycles. The predicted molar refractivity (Wildman–Crippen MR) is 103 cm³/mol. The van der Waals surface area contributed by atoms with E-state index in [4.69, 9.17) is 4.74 Å².